The van der Waals surface area contributed by atoms with Crippen LogP contribution in [0.1, 0.15) is 18.5 Å². The Hall–Kier alpha value is -2.08. The van der Waals surface area contributed by atoms with Crippen LogP contribution in [0.25, 0.3) is 11.1 Å². The summed E-state index contributed by atoms with van der Waals surface area (Å²) in [7, 11) is 1.70. The molecular weight excluding hydrogens is 236 g/mol. The van der Waals surface area contributed by atoms with E-state index in [1.165, 1.54) is 0 Å². The minimum Gasteiger partial charge on any atom is -0.481 e. The van der Waals surface area contributed by atoms with Gasteiger partial charge in [-0.05, 0) is 24.7 Å². The maximum Gasteiger partial charge on any atom is 0.417 e. The predicted molar refractivity (Wildman–Crippen MR) is 65.4 cm³/mol. The minimum atomic E-state index is -0.880. The molecule has 0 aliphatic heterocycles. The van der Waals surface area contributed by atoms with Crippen LogP contribution in [0, 0.1) is 5.92 Å². The Morgan fingerprint density at radius 2 is 2.22 bits per heavy atom. The fraction of sp³-hybridized carbons (Fsp3) is 0.333. The zero-order chi connectivity index (χ0) is 13.3. The Balaban J connectivity index is 2.44. The number of hydrogen-bond acceptors (Lipinski definition) is 4. The summed E-state index contributed by atoms with van der Waals surface area (Å²) in [6, 6.07) is 4.80. The molecule has 0 spiro atoms. The Morgan fingerprint density at radius 1 is 1.50 bits per heavy atom. The maximum atomic E-state index is 11.0. The van der Waals surface area contributed by atoms with Crippen LogP contribution in [0.2, 0.25) is 0 Å². The van der Waals surface area contributed by atoms with Gasteiger partial charge in [-0.1, -0.05) is 13.0 Å². The second-order valence-corrected chi connectivity index (χ2v) is 4.16. The van der Waals surface area contributed by atoms with Gasteiger partial charge in [0.25, 0.3) is 0 Å². The summed E-state index contributed by atoms with van der Waals surface area (Å²) < 4.78 is 4.90. The average molecular weight is 250 g/mol. The Bertz CT molecular complexity index is 628. The molecule has 6 nitrogen and oxygen atoms in total. The van der Waals surface area contributed by atoms with Gasteiger partial charge in [-0.3, -0.25) is 9.78 Å². The summed E-state index contributed by atoms with van der Waals surface area (Å²) >= 11 is 0. The number of carboxylic acids is 1. The van der Waals surface area contributed by atoms with Crippen LogP contribution < -0.4 is 11.1 Å². The van der Waals surface area contributed by atoms with Gasteiger partial charge in [-0.2, -0.15) is 0 Å². The van der Waals surface area contributed by atoms with Crippen LogP contribution in [-0.2, 0) is 4.79 Å². The van der Waals surface area contributed by atoms with Crippen molar-refractivity contribution in [2.24, 2.45) is 5.92 Å². The molecule has 1 aromatic heterocycles. The molecule has 1 aromatic carbocycles. The van der Waals surface area contributed by atoms with E-state index >= 15 is 0 Å². The summed E-state index contributed by atoms with van der Waals surface area (Å²) in [5, 5.41) is 12.0. The van der Waals surface area contributed by atoms with Crippen molar-refractivity contribution in [3.05, 3.63) is 34.3 Å². The average Bonchev–Trinajstić information content (AvgIpc) is 2.69. The number of aliphatic carboxylic acids is 1. The number of oxazole rings is 1. The lowest BCUT2D eigenvalue weighted by Crippen LogP contribution is -2.28. The zero-order valence-electron chi connectivity index (χ0n) is 10.1. The van der Waals surface area contributed by atoms with E-state index in [0.717, 1.165) is 5.56 Å². The number of rotatable bonds is 4. The molecule has 3 N–H and O–H groups in total. The molecule has 2 aromatic rings. The van der Waals surface area contributed by atoms with E-state index in [9.17, 15) is 9.59 Å². The van der Waals surface area contributed by atoms with Gasteiger partial charge in [0.2, 0.25) is 0 Å². The van der Waals surface area contributed by atoms with E-state index in [-0.39, 0.29) is 6.04 Å². The van der Waals surface area contributed by atoms with E-state index in [0.29, 0.717) is 11.1 Å². The predicted octanol–water partition coefficient (Wildman–Crippen LogP) is 1.10. The van der Waals surface area contributed by atoms with Crippen LogP contribution in [0.4, 0.5) is 0 Å². The number of aromatic amines is 1. The lowest BCUT2D eigenvalue weighted by Gasteiger charge is -2.20. The molecule has 0 saturated heterocycles. The van der Waals surface area contributed by atoms with Crippen LogP contribution in [0.15, 0.2) is 27.4 Å². The minimum absolute atomic E-state index is 0.328. The normalized spacial score (nSPS) is 14.6. The maximum absolute atomic E-state index is 11.0. The lowest BCUT2D eigenvalue weighted by molar-refractivity contribution is -0.142. The van der Waals surface area contributed by atoms with E-state index in [2.05, 4.69) is 10.3 Å². The van der Waals surface area contributed by atoms with Crippen LogP contribution in [0.5, 0.6) is 0 Å². The molecule has 6 heteroatoms. The van der Waals surface area contributed by atoms with Crippen molar-refractivity contribution in [2.45, 2.75) is 13.0 Å². The highest BCUT2D eigenvalue weighted by Gasteiger charge is 2.24. The summed E-state index contributed by atoms with van der Waals surface area (Å²) in [5.41, 5.74) is 1.81. The fourth-order valence-electron chi connectivity index (χ4n) is 2.01. The molecule has 0 radical (unpaired) electrons. The second-order valence-electron chi connectivity index (χ2n) is 4.16. The molecule has 0 amide bonds. The Kier molecular flexibility index (Phi) is 3.20. The topological polar surface area (TPSA) is 95.3 Å². The molecule has 0 aliphatic carbocycles. The van der Waals surface area contributed by atoms with Crippen LogP contribution in [-0.4, -0.2) is 23.1 Å². The smallest absolute Gasteiger partial charge is 0.417 e. The molecule has 0 bridgehead atoms. The number of benzene rings is 1. The molecular formula is C12H14N2O4. The lowest BCUT2D eigenvalue weighted by atomic mass is 9.94. The van der Waals surface area contributed by atoms with Crippen LogP contribution in [0.3, 0.4) is 0 Å². The summed E-state index contributed by atoms with van der Waals surface area (Å²) in [5.74, 6) is -1.98. The second kappa shape index (κ2) is 4.66. The summed E-state index contributed by atoms with van der Waals surface area (Å²) in [4.78, 5) is 24.6. The van der Waals surface area contributed by atoms with Gasteiger partial charge in [-0.15, -0.1) is 0 Å². The quantitative estimate of drug-likeness (QED) is 0.755. The van der Waals surface area contributed by atoms with Crippen molar-refractivity contribution in [3.63, 3.8) is 0 Å². The molecule has 2 atom stereocenters. The molecule has 96 valence electrons. The first-order chi connectivity index (χ1) is 8.52. The molecule has 0 aliphatic rings. The van der Waals surface area contributed by atoms with Gasteiger partial charge in [0.15, 0.2) is 5.58 Å². The van der Waals surface area contributed by atoms with Crippen molar-refractivity contribution >= 4 is 17.1 Å². The molecule has 1 heterocycles. The van der Waals surface area contributed by atoms with E-state index in [4.69, 9.17) is 9.52 Å². The van der Waals surface area contributed by atoms with Gasteiger partial charge in [0.05, 0.1) is 11.4 Å². The molecule has 18 heavy (non-hydrogen) atoms. The Morgan fingerprint density at radius 3 is 2.83 bits per heavy atom. The third-order valence-electron chi connectivity index (χ3n) is 3.00. The van der Waals surface area contributed by atoms with Crippen molar-refractivity contribution < 1.29 is 14.3 Å². The van der Waals surface area contributed by atoms with E-state index < -0.39 is 17.6 Å². The zero-order valence-corrected chi connectivity index (χ0v) is 10.1. The first kappa shape index (κ1) is 12.4. The van der Waals surface area contributed by atoms with Gasteiger partial charge < -0.3 is 14.8 Å². The SMILES string of the molecule is CNC(c1ccc2oc(=O)[nH]c2c1)C(C)C(=O)O. The Labute approximate surface area is 103 Å². The molecule has 2 rings (SSSR count). The van der Waals surface area contributed by atoms with Gasteiger partial charge >= 0.3 is 11.7 Å². The number of carbonyl (C=O) groups is 1. The first-order valence-electron chi connectivity index (χ1n) is 5.55. The summed E-state index contributed by atoms with van der Waals surface area (Å²) in [6.07, 6.45) is 0. The molecule has 2 unspecified atom stereocenters. The number of aromatic nitrogens is 1. The standard InChI is InChI=1S/C12H14N2O4/c1-6(11(15)16)10(13-2)7-3-4-9-8(5-7)14-12(17)18-9/h3-6,10,13H,1-2H3,(H,14,17)(H,15,16). The molecule has 0 fully saturated rings. The molecule has 0 saturated carbocycles. The third-order valence-corrected chi connectivity index (χ3v) is 3.00. The summed E-state index contributed by atoms with van der Waals surface area (Å²) in [6.45, 7) is 1.63. The highest BCUT2D eigenvalue weighted by Crippen LogP contribution is 2.24. The number of fused-ring (bicyclic) bond motifs is 1. The van der Waals surface area contributed by atoms with Crippen molar-refractivity contribution in [3.8, 4) is 0 Å². The fourth-order valence-corrected chi connectivity index (χ4v) is 2.01. The number of nitrogens with one attached hydrogen (secondary N) is 2. The third kappa shape index (κ3) is 2.14. The van der Waals surface area contributed by atoms with E-state index in [1.807, 2.05) is 0 Å². The van der Waals surface area contributed by atoms with E-state index in [1.54, 1.807) is 32.2 Å². The van der Waals surface area contributed by atoms with Gasteiger partial charge in [0, 0.05) is 6.04 Å². The number of H-pyrrole nitrogens is 1. The van der Waals surface area contributed by atoms with Crippen molar-refractivity contribution in [1.82, 2.24) is 10.3 Å². The van der Waals surface area contributed by atoms with Gasteiger partial charge in [-0.25, -0.2) is 4.79 Å². The number of hydrogen-bond donors (Lipinski definition) is 3. The largest absolute Gasteiger partial charge is 0.481 e. The van der Waals surface area contributed by atoms with Crippen molar-refractivity contribution in [1.29, 1.82) is 0 Å². The highest BCUT2D eigenvalue weighted by molar-refractivity contribution is 5.74. The van der Waals surface area contributed by atoms with Crippen LogP contribution >= 0.6 is 0 Å². The first-order valence-corrected chi connectivity index (χ1v) is 5.55. The number of carboxylic acid groups (broad SMARTS) is 1. The highest BCUT2D eigenvalue weighted by atomic mass is 16.4. The van der Waals surface area contributed by atoms with Gasteiger partial charge in [0.1, 0.15) is 0 Å². The monoisotopic (exact) mass is 250 g/mol. The van der Waals surface area contributed by atoms with Crippen molar-refractivity contribution in [2.75, 3.05) is 7.05 Å².